The Hall–Kier alpha value is -3.70. The molecule has 2 heterocycles. The molecule has 1 saturated carbocycles. The number of nitrogens with one attached hydrogen (secondary N) is 1. The van der Waals surface area contributed by atoms with Gasteiger partial charge in [0.25, 0.3) is 0 Å². The van der Waals surface area contributed by atoms with E-state index in [9.17, 15) is 10.1 Å². The Kier molecular flexibility index (Phi) is 7.01. The highest BCUT2D eigenvalue weighted by molar-refractivity contribution is 7.99. The molecule has 1 fully saturated rings. The van der Waals surface area contributed by atoms with E-state index < -0.39 is 5.54 Å². The van der Waals surface area contributed by atoms with Crippen molar-refractivity contribution in [1.29, 1.82) is 5.26 Å². The SMILES string of the molecule is CCn1c(SCC(=O)NC2(C#N)CCCCC2)nnc1-c1cc(-c2ccccc2)nc2ccccc12. The van der Waals surface area contributed by atoms with Crippen LogP contribution in [0, 0.1) is 11.3 Å². The average Bonchev–Trinajstić information content (AvgIpc) is 3.35. The molecule has 0 spiro atoms. The summed E-state index contributed by atoms with van der Waals surface area (Å²) in [6, 6.07) is 22.5. The lowest BCUT2D eigenvalue weighted by Gasteiger charge is -2.31. The summed E-state index contributed by atoms with van der Waals surface area (Å²) in [5.74, 6) is 0.793. The molecular formula is C28H28N6OS. The fourth-order valence-electron chi connectivity index (χ4n) is 4.85. The second-order valence-corrected chi connectivity index (χ2v) is 10.0. The summed E-state index contributed by atoms with van der Waals surface area (Å²) in [7, 11) is 0. The van der Waals surface area contributed by atoms with Gasteiger partial charge in [0.2, 0.25) is 5.91 Å². The third-order valence-corrected chi connectivity index (χ3v) is 7.66. The summed E-state index contributed by atoms with van der Waals surface area (Å²) < 4.78 is 2.04. The molecule has 0 unspecified atom stereocenters. The molecular weight excluding hydrogens is 468 g/mol. The van der Waals surface area contributed by atoms with E-state index >= 15 is 0 Å². The van der Waals surface area contributed by atoms with E-state index in [2.05, 4.69) is 27.6 Å². The van der Waals surface area contributed by atoms with Crippen molar-refractivity contribution in [3.05, 3.63) is 60.7 Å². The van der Waals surface area contributed by atoms with Crippen LogP contribution in [0.15, 0.2) is 65.8 Å². The fourth-order valence-corrected chi connectivity index (χ4v) is 5.65. The maximum atomic E-state index is 12.8. The molecule has 1 N–H and O–H groups in total. The summed E-state index contributed by atoms with van der Waals surface area (Å²) in [6.45, 7) is 2.71. The maximum Gasteiger partial charge on any atom is 0.231 e. The number of hydrogen-bond donors (Lipinski definition) is 1. The number of thioether (sulfide) groups is 1. The first-order valence-electron chi connectivity index (χ1n) is 12.4. The predicted molar refractivity (Wildman–Crippen MR) is 142 cm³/mol. The zero-order chi connectivity index (χ0) is 25.0. The smallest absolute Gasteiger partial charge is 0.231 e. The van der Waals surface area contributed by atoms with Crippen LogP contribution in [0.25, 0.3) is 33.5 Å². The number of hydrogen-bond acceptors (Lipinski definition) is 6. The lowest BCUT2D eigenvalue weighted by Crippen LogP contribution is -2.49. The number of carbonyl (C=O) groups excluding carboxylic acids is 1. The van der Waals surface area contributed by atoms with Crippen LogP contribution in [0.1, 0.15) is 39.0 Å². The Labute approximate surface area is 215 Å². The van der Waals surface area contributed by atoms with E-state index in [-0.39, 0.29) is 11.7 Å². The largest absolute Gasteiger partial charge is 0.337 e. The number of fused-ring (bicyclic) bond motifs is 1. The van der Waals surface area contributed by atoms with Gasteiger partial charge in [-0.2, -0.15) is 5.26 Å². The minimum Gasteiger partial charge on any atom is -0.337 e. The first-order chi connectivity index (χ1) is 17.6. The lowest BCUT2D eigenvalue weighted by atomic mass is 9.83. The maximum absolute atomic E-state index is 12.8. The molecule has 0 atom stereocenters. The second-order valence-electron chi connectivity index (χ2n) is 9.08. The molecule has 0 bridgehead atoms. The zero-order valence-electron chi connectivity index (χ0n) is 20.3. The third-order valence-electron chi connectivity index (χ3n) is 6.69. The zero-order valence-corrected chi connectivity index (χ0v) is 21.1. The molecule has 1 amide bonds. The van der Waals surface area contributed by atoms with Gasteiger partial charge in [-0.1, -0.05) is 79.6 Å². The molecule has 5 rings (SSSR count). The van der Waals surface area contributed by atoms with E-state index in [1.54, 1.807) is 0 Å². The van der Waals surface area contributed by atoms with Gasteiger partial charge >= 0.3 is 0 Å². The number of nitrogens with zero attached hydrogens (tertiary/aromatic N) is 5. The van der Waals surface area contributed by atoms with E-state index in [1.165, 1.54) is 11.8 Å². The van der Waals surface area contributed by atoms with Gasteiger partial charge in [-0.05, 0) is 31.9 Å². The molecule has 2 aromatic carbocycles. The Morgan fingerprint density at radius 1 is 1.08 bits per heavy atom. The number of benzene rings is 2. The number of rotatable bonds is 7. The quantitative estimate of drug-likeness (QED) is 0.334. The van der Waals surface area contributed by atoms with Crippen LogP contribution in [0.4, 0.5) is 0 Å². The van der Waals surface area contributed by atoms with Crippen molar-refractivity contribution in [2.75, 3.05) is 5.75 Å². The van der Waals surface area contributed by atoms with Crippen molar-refractivity contribution >= 4 is 28.6 Å². The van der Waals surface area contributed by atoms with Crippen LogP contribution >= 0.6 is 11.8 Å². The van der Waals surface area contributed by atoms with Crippen molar-refractivity contribution in [3.8, 4) is 28.7 Å². The van der Waals surface area contributed by atoms with Crippen molar-refractivity contribution in [1.82, 2.24) is 25.1 Å². The summed E-state index contributed by atoms with van der Waals surface area (Å²) in [6.07, 6.45) is 4.49. The number of pyridine rings is 1. The van der Waals surface area contributed by atoms with Gasteiger partial charge in [0.1, 0.15) is 5.54 Å². The molecule has 1 aliphatic rings. The molecule has 2 aromatic heterocycles. The molecule has 0 saturated heterocycles. The topological polar surface area (TPSA) is 96.5 Å². The molecule has 36 heavy (non-hydrogen) atoms. The van der Waals surface area contributed by atoms with Crippen LogP contribution < -0.4 is 5.32 Å². The van der Waals surface area contributed by atoms with Crippen LogP contribution in [0.3, 0.4) is 0 Å². The van der Waals surface area contributed by atoms with Crippen LogP contribution in [-0.4, -0.2) is 36.9 Å². The number of nitriles is 1. The minimum absolute atomic E-state index is 0.142. The normalized spacial score (nSPS) is 14.9. The van der Waals surface area contributed by atoms with E-state index in [4.69, 9.17) is 4.98 Å². The highest BCUT2D eigenvalue weighted by Gasteiger charge is 2.33. The molecule has 4 aromatic rings. The molecule has 1 aliphatic carbocycles. The number of para-hydroxylation sites is 1. The minimum atomic E-state index is -0.733. The predicted octanol–water partition coefficient (Wildman–Crippen LogP) is 5.61. The molecule has 0 radical (unpaired) electrons. The first-order valence-corrected chi connectivity index (χ1v) is 13.3. The Bertz CT molecular complexity index is 1420. The summed E-state index contributed by atoms with van der Waals surface area (Å²) in [5, 5.41) is 23.3. The van der Waals surface area contributed by atoms with Gasteiger partial charge in [-0.15, -0.1) is 10.2 Å². The molecule has 8 heteroatoms. The Morgan fingerprint density at radius 3 is 2.58 bits per heavy atom. The number of amides is 1. The monoisotopic (exact) mass is 496 g/mol. The number of aromatic nitrogens is 4. The molecule has 0 aliphatic heterocycles. The average molecular weight is 497 g/mol. The first kappa shape index (κ1) is 24.0. The Morgan fingerprint density at radius 2 is 1.83 bits per heavy atom. The van der Waals surface area contributed by atoms with Gasteiger partial charge in [0.05, 0.1) is 23.0 Å². The molecule has 182 valence electrons. The van der Waals surface area contributed by atoms with E-state index in [0.29, 0.717) is 24.5 Å². The van der Waals surface area contributed by atoms with Gasteiger partial charge in [0.15, 0.2) is 11.0 Å². The van der Waals surface area contributed by atoms with Gasteiger partial charge in [-0.3, -0.25) is 4.79 Å². The van der Waals surface area contributed by atoms with Crippen molar-refractivity contribution in [2.45, 2.75) is 56.3 Å². The van der Waals surface area contributed by atoms with Crippen molar-refractivity contribution < 1.29 is 4.79 Å². The van der Waals surface area contributed by atoms with Crippen LogP contribution in [0.2, 0.25) is 0 Å². The lowest BCUT2D eigenvalue weighted by molar-refractivity contribution is -0.120. The highest BCUT2D eigenvalue weighted by Crippen LogP contribution is 2.33. The molecule has 7 nitrogen and oxygen atoms in total. The highest BCUT2D eigenvalue weighted by atomic mass is 32.2. The summed E-state index contributed by atoms with van der Waals surface area (Å²) >= 11 is 1.35. The van der Waals surface area contributed by atoms with Gasteiger partial charge in [0, 0.05) is 23.1 Å². The standard InChI is InChI=1S/C28H28N6OS/c1-2-34-26(32-33-27(34)36-18-25(35)31-28(19-29)15-9-4-10-16-28)22-17-24(20-11-5-3-6-12-20)30-23-14-8-7-13-21(22)23/h3,5-8,11-14,17H,2,4,9-10,15-16,18H2,1H3,(H,31,35). The van der Waals surface area contributed by atoms with Gasteiger partial charge in [-0.25, -0.2) is 4.98 Å². The van der Waals surface area contributed by atoms with Gasteiger partial charge < -0.3 is 9.88 Å². The fraction of sp³-hybridized carbons (Fsp3) is 0.321. The summed E-state index contributed by atoms with van der Waals surface area (Å²) in [5.41, 5.74) is 3.02. The van der Waals surface area contributed by atoms with E-state index in [1.807, 2.05) is 66.1 Å². The van der Waals surface area contributed by atoms with Crippen LogP contribution in [0.5, 0.6) is 0 Å². The Balaban J connectivity index is 1.43. The third kappa shape index (κ3) is 4.84. The van der Waals surface area contributed by atoms with E-state index in [0.717, 1.165) is 52.8 Å². The van der Waals surface area contributed by atoms with Crippen molar-refractivity contribution in [3.63, 3.8) is 0 Å². The second kappa shape index (κ2) is 10.5. The van der Waals surface area contributed by atoms with Crippen LogP contribution in [-0.2, 0) is 11.3 Å². The number of carbonyl (C=O) groups is 1. The van der Waals surface area contributed by atoms with Crippen molar-refractivity contribution in [2.24, 2.45) is 0 Å². The summed E-state index contributed by atoms with van der Waals surface area (Å²) in [4.78, 5) is 17.6.